The number of benzene rings is 1. The molecular formula is C12H11ClN6. The van der Waals surface area contributed by atoms with Crippen LogP contribution in [0.3, 0.4) is 0 Å². The number of fused-ring (bicyclic) bond motifs is 1. The molecular weight excluding hydrogens is 264 g/mol. The van der Waals surface area contributed by atoms with Gasteiger partial charge in [0, 0.05) is 6.07 Å². The highest BCUT2D eigenvalue weighted by atomic mass is 35.5. The molecule has 0 fully saturated rings. The molecule has 2 aromatic heterocycles. The molecule has 0 radical (unpaired) electrons. The van der Waals surface area contributed by atoms with Crippen LogP contribution in [-0.4, -0.2) is 19.9 Å². The molecule has 0 aliphatic rings. The van der Waals surface area contributed by atoms with Crippen molar-refractivity contribution in [1.82, 2.24) is 19.9 Å². The van der Waals surface area contributed by atoms with Gasteiger partial charge in [0.1, 0.15) is 16.8 Å². The highest BCUT2D eigenvalue weighted by Gasteiger charge is 2.04. The molecule has 19 heavy (non-hydrogen) atoms. The maximum atomic E-state index is 5.80. The maximum absolute atomic E-state index is 5.80. The van der Waals surface area contributed by atoms with Crippen LogP contribution >= 0.6 is 11.6 Å². The first-order valence-electron chi connectivity index (χ1n) is 5.68. The molecule has 0 amide bonds. The molecule has 0 aliphatic carbocycles. The van der Waals surface area contributed by atoms with Gasteiger partial charge in [0.15, 0.2) is 0 Å². The van der Waals surface area contributed by atoms with Gasteiger partial charge < -0.3 is 16.0 Å². The van der Waals surface area contributed by atoms with Crippen molar-refractivity contribution < 1.29 is 0 Å². The molecule has 0 bridgehead atoms. The molecule has 3 rings (SSSR count). The van der Waals surface area contributed by atoms with E-state index in [9.17, 15) is 0 Å². The molecule has 0 aliphatic heterocycles. The second-order valence-corrected chi connectivity index (χ2v) is 4.38. The number of anilines is 2. The molecule has 0 unspecified atom stereocenters. The number of nitrogens with one attached hydrogen (secondary N) is 2. The van der Waals surface area contributed by atoms with Crippen molar-refractivity contribution in [3.05, 3.63) is 41.3 Å². The van der Waals surface area contributed by atoms with Crippen LogP contribution < -0.4 is 11.1 Å². The van der Waals surface area contributed by atoms with Gasteiger partial charge in [-0.1, -0.05) is 23.7 Å². The Morgan fingerprint density at radius 2 is 2.05 bits per heavy atom. The standard InChI is InChI=1S/C12H11ClN6/c13-9-5-10(19-12(14)18-9)15-6-11-16-7-3-1-2-4-8(7)17-11/h1-5H,6H2,(H,16,17)(H3,14,15,18,19). The molecule has 4 N–H and O–H groups in total. The molecule has 0 saturated carbocycles. The zero-order chi connectivity index (χ0) is 13.2. The van der Waals surface area contributed by atoms with Crippen LogP contribution in [0.15, 0.2) is 30.3 Å². The predicted octanol–water partition coefficient (Wildman–Crippen LogP) is 2.20. The molecule has 0 saturated heterocycles. The van der Waals surface area contributed by atoms with Crippen molar-refractivity contribution >= 4 is 34.4 Å². The quantitative estimate of drug-likeness (QED) is 0.637. The number of para-hydroxylation sites is 2. The number of H-pyrrole nitrogens is 1. The summed E-state index contributed by atoms with van der Waals surface area (Å²) in [6, 6.07) is 9.45. The van der Waals surface area contributed by atoms with E-state index in [0.717, 1.165) is 16.9 Å². The van der Waals surface area contributed by atoms with E-state index in [0.29, 0.717) is 17.5 Å². The first-order chi connectivity index (χ1) is 9.20. The minimum atomic E-state index is 0.139. The Hall–Kier alpha value is -2.34. The van der Waals surface area contributed by atoms with Crippen LogP contribution in [0.25, 0.3) is 11.0 Å². The average molecular weight is 275 g/mol. The summed E-state index contributed by atoms with van der Waals surface area (Å²) in [4.78, 5) is 15.5. The predicted molar refractivity (Wildman–Crippen MR) is 74.9 cm³/mol. The Balaban J connectivity index is 1.78. The number of halogens is 1. The maximum Gasteiger partial charge on any atom is 0.223 e. The van der Waals surface area contributed by atoms with Crippen LogP contribution in [0.5, 0.6) is 0 Å². The first kappa shape index (κ1) is 11.7. The third-order valence-corrected chi connectivity index (χ3v) is 2.78. The summed E-state index contributed by atoms with van der Waals surface area (Å²) in [5.41, 5.74) is 7.45. The van der Waals surface area contributed by atoms with Crippen molar-refractivity contribution in [1.29, 1.82) is 0 Å². The lowest BCUT2D eigenvalue weighted by molar-refractivity contribution is 0.993. The minimum Gasteiger partial charge on any atom is -0.368 e. The van der Waals surface area contributed by atoms with Crippen molar-refractivity contribution in [2.24, 2.45) is 0 Å². The number of nitrogens with two attached hydrogens (primary N) is 1. The van der Waals surface area contributed by atoms with E-state index in [-0.39, 0.29) is 5.95 Å². The molecule has 0 spiro atoms. The zero-order valence-electron chi connectivity index (χ0n) is 9.89. The van der Waals surface area contributed by atoms with Gasteiger partial charge in [-0.2, -0.15) is 4.98 Å². The normalized spacial score (nSPS) is 10.8. The Bertz CT molecular complexity index is 670. The lowest BCUT2D eigenvalue weighted by atomic mass is 10.3. The summed E-state index contributed by atoms with van der Waals surface area (Å²) in [5, 5.41) is 3.40. The highest BCUT2D eigenvalue weighted by Crippen LogP contribution is 2.14. The molecule has 2 heterocycles. The van der Waals surface area contributed by atoms with Crippen LogP contribution in [0, 0.1) is 0 Å². The number of rotatable bonds is 3. The number of hydrogen-bond donors (Lipinski definition) is 3. The van der Waals surface area contributed by atoms with Crippen molar-refractivity contribution in [2.45, 2.75) is 6.54 Å². The van der Waals surface area contributed by atoms with Gasteiger partial charge >= 0.3 is 0 Å². The Labute approximate surface area is 114 Å². The first-order valence-corrected chi connectivity index (χ1v) is 6.06. The Kier molecular flexibility index (Phi) is 2.92. The van der Waals surface area contributed by atoms with Crippen LogP contribution in [0.4, 0.5) is 11.8 Å². The van der Waals surface area contributed by atoms with E-state index in [1.165, 1.54) is 0 Å². The minimum absolute atomic E-state index is 0.139. The van der Waals surface area contributed by atoms with Gasteiger partial charge in [-0.05, 0) is 12.1 Å². The van der Waals surface area contributed by atoms with E-state index in [1.807, 2.05) is 24.3 Å². The number of aromatic amines is 1. The molecule has 3 aromatic rings. The Morgan fingerprint density at radius 3 is 2.84 bits per heavy atom. The van der Waals surface area contributed by atoms with E-state index in [2.05, 4.69) is 25.3 Å². The van der Waals surface area contributed by atoms with Crippen molar-refractivity contribution in [2.75, 3.05) is 11.1 Å². The summed E-state index contributed by atoms with van der Waals surface area (Å²) in [6.45, 7) is 0.501. The van der Waals surface area contributed by atoms with E-state index in [1.54, 1.807) is 6.07 Å². The fraction of sp³-hybridized carbons (Fsp3) is 0.0833. The summed E-state index contributed by atoms with van der Waals surface area (Å²) < 4.78 is 0. The summed E-state index contributed by atoms with van der Waals surface area (Å²) >= 11 is 5.80. The number of nitrogen functional groups attached to an aromatic ring is 1. The van der Waals surface area contributed by atoms with E-state index >= 15 is 0 Å². The fourth-order valence-electron chi connectivity index (χ4n) is 1.79. The van der Waals surface area contributed by atoms with Crippen LogP contribution in [-0.2, 0) is 6.54 Å². The van der Waals surface area contributed by atoms with Gasteiger partial charge in [0.2, 0.25) is 5.95 Å². The second-order valence-electron chi connectivity index (χ2n) is 3.99. The number of nitrogens with zero attached hydrogens (tertiary/aromatic N) is 3. The molecule has 96 valence electrons. The zero-order valence-corrected chi connectivity index (χ0v) is 10.6. The molecule has 0 atom stereocenters. The summed E-state index contributed by atoms with van der Waals surface area (Å²) in [6.07, 6.45) is 0. The number of aromatic nitrogens is 4. The molecule has 6 nitrogen and oxygen atoms in total. The third kappa shape index (κ3) is 2.58. The van der Waals surface area contributed by atoms with Gasteiger partial charge in [-0.3, -0.25) is 0 Å². The van der Waals surface area contributed by atoms with Crippen LogP contribution in [0.1, 0.15) is 5.82 Å². The summed E-state index contributed by atoms with van der Waals surface area (Å²) in [7, 11) is 0. The van der Waals surface area contributed by atoms with Gasteiger partial charge in [0.25, 0.3) is 0 Å². The van der Waals surface area contributed by atoms with Crippen LogP contribution in [0.2, 0.25) is 5.15 Å². The van der Waals surface area contributed by atoms with E-state index in [4.69, 9.17) is 17.3 Å². The smallest absolute Gasteiger partial charge is 0.223 e. The monoisotopic (exact) mass is 274 g/mol. The summed E-state index contributed by atoms with van der Waals surface area (Å²) in [5.74, 6) is 1.52. The Morgan fingerprint density at radius 1 is 1.21 bits per heavy atom. The van der Waals surface area contributed by atoms with Gasteiger partial charge in [0.05, 0.1) is 17.6 Å². The number of hydrogen-bond acceptors (Lipinski definition) is 5. The topological polar surface area (TPSA) is 92.5 Å². The molecule has 7 heteroatoms. The number of imidazole rings is 1. The average Bonchev–Trinajstić information content (AvgIpc) is 2.78. The largest absolute Gasteiger partial charge is 0.368 e. The van der Waals surface area contributed by atoms with Gasteiger partial charge in [-0.15, -0.1) is 0 Å². The lowest BCUT2D eigenvalue weighted by Crippen LogP contribution is -2.05. The third-order valence-electron chi connectivity index (χ3n) is 2.59. The van der Waals surface area contributed by atoms with Gasteiger partial charge in [-0.25, -0.2) is 9.97 Å². The van der Waals surface area contributed by atoms with E-state index < -0.39 is 0 Å². The van der Waals surface area contributed by atoms with Crippen molar-refractivity contribution in [3.8, 4) is 0 Å². The second kappa shape index (κ2) is 4.74. The lowest BCUT2D eigenvalue weighted by Gasteiger charge is -2.04. The SMILES string of the molecule is Nc1nc(Cl)cc(NCc2nc3ccccc3[nH]2)n1. The molecule has 1 aromatic carbocycles. The highest BCUT2D eigenvalue weighted by molar-refractivity contribution is 6.29. The fourth-order valence-corrected chi connectivity index (χ4v) is 1.98. The van der Waals surface area contributed by atoms with Crippen molar-refractivity contribution in [3.63, 3.8) is 0 Å².